The van der Waals surface area contributed by atoms with Crippen molar-refractivity contribution < 1.29 is 9.18 Å². The number of nitrogens with zero attached hydrogens (tertiary/aromatic N) is 3. The number of benzene rings is 2. The van der Waals surface area contributed by atoms with E-state index in [0.29, 0.717) is 29.7 Å². The second-order valence-electron chi connectivity index (χ2n) is 7.50. The van der Waals surface area contributed by atoms with Gasteiger partial charge < -0.3 is 14.8 Å². The molecular weight excluding hydrogens is 442 g/mol. The number of amides is 1. The van der Waals surface area contributed by atoms with Gasteiger partial charge in [0.2, 0.25) is 5.91 Å². The molecular formula is C22H19Cl2FN4O2. The number of halogens is 3. The number of nitrogens with one attached hydrogen (secondary N) is 1. The molecule has 0 aliphatic carbocycles. The molecule has 4 rings (SSSR count). The normalized spacial score (nSPS) is 18.4. The Bertz CT molecular complexity index is 1280. The van der Waals surface area contributed by atoms with Crippen LogP contribution in [0.15, 0.2) is 54.0 Å². The molecule has 9 heteroatoms. The highest BCUT2D eigenvalue weighted by Crippen LogP contribution is 2.43. The van der Waals surface area contributed by atoms with Crippen molar-refractivity contribution in [3.05, 3.63) is 81.0 Å². The number of hydrogen-bond acceptors (Lipinski definition) is 4. The molecule has 1 saturated heterocycles. The van der Waals surface area contributed by atoms with Gasteiger partial charge in [0.05, 0.1) is 32.8 Å². The number of fused-ring (bicyclic) bond motifs is 1. The van der Waals surface area contributed by atoms with Crippen LogP contribution in [0.3, 0.4) is 0 Å². The average molecular weight is 461 g/mol. The number of aromatic nitrogens is 2. The number of hydrogen-bond donors (Lipinski definition) is 1. The zero-order valence-electron chi connectivity index (χ0n) is 16.7. The molecule has 0 radical (unpaired) electrons. The molecule has 1 N–H and O–H groups in total. The fourth-order valence-corrected chi connectivity index (χ4v) is 4.54. The first-order valence-corrected chi connectivity index (χ1v) is 10.3. The molecule has 31 heavy (non-hydrogen) atoms. The minimum Gasteiger partial charge on any atom is -0.373 e. The van der Waals surface area contributed by atoms with Gasteiger partial charge >= 0.3 is 0 Å². The summed E-state index contributed by atoms with van der Waals surface area (Å²) in [6, 6.07) is 7.98. The summed E-state index contributed by atoms with van der Waals surface area (Å²) in [4.78, 5) is 30.0. The van der Waals surface area contributed by atoms with Crippen molar-refractivity contribution in [3.8, 4) is 0 Å². The maximum absolute atomic E-state index is 15.0. The van der Waals surface area contributed by atoms with Gasteiger partial charge in [-0.2, -0.15) is 0 Å². The lowest BCUT2D eigenvalue weighted by atomic mass is 9.87. The predicted octanol–water partition coefficient (Wildman–Crippen LogP) is 4.11. The zero-order valence-corrected chi connectivity index (χ0v) is 18.2. The molecule has 2 heterocycles. The molecule has 0 bridgehead atoms. The SMILES string of the molecule is C=CC(=O)N1CCC(Nc2ccc3ncc(=O)n(C)c3c2)(c2c(F)ccc(Cl)c2Cl)C1. The van der Waals surface area contributed by atoms with Gasteiger partial charge in [-0.15, -0.1) is 0 Å². The van der Waals surface area contributed by atoms with Gasteiger partial charge in [-0.3, -0.25) is 9.59 Å². The van der Waals surface area contributed by atoms with Crippen LogP contribution < -0.4 is 10.9 Å². The van der Waals surface area contributed by atoms with E-state index in [9.17, 15) is 9.59 Å². The Kier molecular flexibility index (Phi) is 5.49. The molecule has 1 aromatic heterocycles. The topological polar surface area (TPSA) is 67.2 Å². The van der Waals surface area contributed by atoms with Crippen LogP contribution in [0, 0.1) is 5.82 Å². The Morgan fingerprint density at radius 2 is 2.10 bits per heavy atom. The first-order chi connectivity index (χ1) is 14.8. The Morgan fingerprint density at radius 3 is 2.84 bits per heavy atom. The second kappa shape index (κ2) is 7.98. The third-order valence-electron chi connectivity index (χ3n) is 5.64. The molecule has 2 aromatic carbocycles. The molecule has 1 aliphatic rings. The number of anilines is 1. The van der Waals surface area contributed by atoms with Crippen molar-refractivity contribution in [1.29, 1.82) is 0 Å². The number of likely N-dealkylation sites (tertiary alicyclic amines) is 1. The van der Waals surface area contributed by atoms with Crippen molar-refractivity contribution in [1.82, 2.24) is 14.5 Å². The molecule has 1 unspecified atom stereocenters. The van der Waals surface area contributed by atoms with Gasteiger partial charge in [0.25, 0.3) is 5.56 Å². The lowest BCUT2D eigenvalue weighted by molar-refractivity contribution is -0.125. The first-order valence-electron chi connectivity index (χ1n) is 9.55. The Morgan fingerprint density at radius 1 is 1.32 bits per heavy atom. The van der Waals surface area contributed by atoms with E-state index in [4.69, 9.17) is 23.2 Å². The summed E-state index contributed by atoms with van der Waals surface area (Å²) in [5.41, 5.74) is 0.803. The molecule has 1 atom stereocenters. The van der Waals surface area contributed by atoms with Crippen molar-refractivity contribution in [2.75, 3.05) is 18.4 Å². The van der Waals surface area contributed by atoms with E-state index in [-0.39, 0.29) is 33.6 Å². The third kappa shape index (κ3) is 3.68. The summed E-state index contributed by atoms with van der Waals surface area (Å²) >= 11 is 12.6. The standard InChI is InChI=1S/C22H19Cl2FN4O2/c1-3-18(30)29-9-8-22(12-29,20-15(25)6-5-14(23)21(20)24)27-13-4-7-16-17(10-13)28(2)19(31)11-26-16/h3-7,10-11,27H,1,8-9,12H2,2H3. The Labute approximate surface area is 187 Å². The molecule has 1 aliphatic heterocycles. The number of rotatable bonds is 4. The minimum atomic E-state index is -1.03. The lowest BCUT2D eigenvalue weighted by Gasteiger charge is -2.33. The molecule has 0 saturated carbocycles. The van der Waals surface area contributed by atoms with Crippen LogP contribution in [-0.4, -0.2) is 33.4 Å². The lowest BCUT2D eigenvalue weighted by Crippen LogP contribution is -2.41. The van der Waals surface area contributed by atoms with E-state index in [1.54, 1.807) is 30.1 Å². The zero-order chi connectivity index (χ0) is 22.3. The van der Waals surface area contributed by atoms with Crippen LogP contribution in [0.25, 0.3) is 11.0 Å². The smallest absolute Gasteiger partial charge is 0.269 e. The van der Waals surface area contributed by atoms with Crippen molar-refractivity contribution in [3.63, 3.8) is 0 Å². The fraction of sp³-hybridized carbons (Fsp3) is 0.227. The van der Waals surface area contributed by atoms with Gasteiger partial charge in [0.15, 0.2) is 0 Å². The highest BCUT2D eigenvalue weighted by atomic mass is 35.5. The molecule has 6 nitrogen and oxygen atoms in total. The largest absolute Gasteiger partial charge is 0.373 e. The van der Waals surface area contributed by atoms with E-state index < -0.39 is 11.4 Å². The molecule has 160 valence electrons. The minimum absolute atomic E-state index is 0.0944. The maximum Gasteiger partial charge on any atom is 0.269 e. The fourth-order valence-electron chi connectivity index (χ4n) is 4.05. The average Bonchev–Trinajstić information content (AvgIpc) is 3.18. The van der Waals surface area contributed by atoms with E-state index in [0.717, 1.165) is 0 Å². The van der Waals surface area contributed by atoms with Crippen LogP contribution in [0.2, 0.25) is 10.0 Å². The van der Waals surface area contributed by atoms with Gasteiger partial charge in [-0.25, -0.2) is 9.37 Å². The number of carbonyl (C=O) groups is 1. The molecule has 1 amide bonds. The Hall–Kier alpha value is -2.90. The van der Waals surface area contributed by atoms with Crippen LogP contribution in [0.4, 0.5) is 10.1 Å². The van der Waals surface area contributed by atoms with E-state index in [1.165, 1.54) is 29.0 Å². The van der Waals surface area contributed by atoms with E-state index in [2.05, 4.69) is 16.9 Å². The molecule has 3 aromatic rings. The van der Waals surface area contributed by atoms with Crippen LogP contribution in [0.1, 0.15) is 12.0 Å². The molecule has 1 fully saturated rings. The highest BCUT2D eigenvalue weighted by molar-refractivity contribution is 6.42. The summed E-state index contributed by atoms with van der Waals surface area (Å²) < 4.78 is 16.5. The van der Waals surface area contributed by atoms with Crippen molar-refractivity contribution in [2.24, 2.45) is 7.05 Å². The summed E-state index contributed by atoms with van der Waals surface area (Å²) in [5, 5.41) is 3.69. The molecule has 0 spiro atoms. The van der Waals surface area contributed by atoms with Crippen molar-refractivity contribution >= 4 is 45.8 Å². The monoisotopic (exact) mass is 460 g/mol. The van der Waals surface area contributed by atoms with E-state index in [1.807, 2.05) is 0 Å². The van der Waals surface area contributed by atoms with E-state index >= 15 is 4.39 Å². The summed E-state index contributed by atoms with van der Waals surface area (Å²) in [7, 11) is 1.65. The number of aryl methyl sites for hydroxylation is 1. The predicted molar refractivity (Wildman–Crippen MR) is 120 cm³/mol. The van der Waals surface area contributed by atoms with Crippen LogP contribution in [0.5, 0.6) is 0 Å². The van der Waals surface area contributed by atoms with Gasteiger partial charge in [0, 0.05) is 31.4 Å². The third-order valence-corrected chi connectivity index (χ3v) is 6.45. The Balaban J connectivity index is 1.85. The van der Waals surface area contributed by atoms with Gasteiger partial charge in [-0.1, -0.05) is 29.8 Å². The van der Waals surface area contributed by atoms with Crippen LogP contribution in [-0.2, 0) is 17.4 Å². The maximum atomic E-state index is 15.0. The number of carbonyl (C=O) groups excluding carboxylic acids is 1. The second-order valence-corrected chi connectivity index (χ2v) is 8.28. The quantitative estimate of drug-likeness (QED) is 0.469. The van der Waals surface area contributed by atoms with Gasteiger partial charge in [0.1, 0.15) is 5.82 Å². The highest BCUT2D eigenvalue weighted by Gasteiger charge is 2.44. The summed E-state index contributed by atoms with van der Waals surface area (Å²) in [6.07, 6.45) is 2.88. The van der Waals surface area contributed by atoms with Gasteiger partial charge in [-0.05, 0) is 42.8 Å². The first kappa shape index (κ1) is 21.3. The summed E-state index contributed by atoms with van der Waals surface area (Å²) in [5.74, 6) is -0.781. The summed E-state index contributed by atoms with van der Waals surface area (Å²) in [6.45, 7) is 4.09. The van der Waals surface area contributed by atoms with Crippen molar-refractivity contribution in [2.45, 2.75) is 12.0 Å². The van der Waals surface area contributed by atoms with Crippen LogP contribution >= 0.6 is 23.2 Å².